The number of pyridine rings is 1. The van der Waals surface area contributed by atoms with Gasteiger partial charge in [0.2, 0.25) is 0 Å². The highest BCUT2D eigenvalue weighted by atomic mass is 35.5. The Labute approximate surface area is 133 Å². The zero-order valence-corrected chi connectivity index (χ0v) is 12.8. The van der Waals surface area contributed by atoms with Crippen molar-refractivity contribution in [2.75, 3.05) is 5.32 Å². The minimum atomic E-state index is 0.383. The summed E-state index contributed by atoms with van der Waals surface area (Å²) >= 11 is 5.96. The number of anilines is 1. The highest BCUT2D eigenvalue weighted by molar-refractivity contribution is 6.29. The molecule has 0 aromatic carbocycles. The summed E-state index contributed by atoms with van der Waals surface area (Å²) in [5, 5.41) is 3.90. The van der Waals surface area contributed by atoms with Crippen LogP contribution in [0.3, 0.4) is 0 Å². The van der Waals surface area contributed by atoms with Crippen LogP contribution in [0.5, 0.6) is 0 Å². The van der Waals surface area contributed by atoms with Gasteiger partial charge in [0.15, 0.2) is 5.65 Å². The minimum Gasteiger partial charge on any atom is -0.367 e. The van der Waals surface area contributed by atoms with Gasteiger partial charge in [0.25, 0.3) is 0 Å². The fraction of sp³-hybridized carbons (Fsp3) is 0.312. The summed E-state index contributed by atoms with van der Waals surface area (Å²) in [6.07, 6.45) is 8.46. The summed E-state index contributed by atoms with van der Waals surface area (Å²) < 4.78 is 0. The standard InChI is InChI=1S/C16H16ClN5/c17-13-9-19-16-15(22-13)11(8-18-16)12-6-3-7-14(21-12)20-10-4-1-2-5-10/h3,6-10H,1-2,4-5H2,(H,18,19)(H,20,21). The molecule has 6 heteroatoms. The van der Waals surface area contributed by atoms with E-state index in [0.29, 0.717) is 11.2 Å². The number of hydrogen-bond donors (Lipinski definition) is 2. The van der Waals surface area contributed by atoms with Crippen molar-refractivity contribution in [1.29, 1.82) is 0 Å². The second-order valence-electron chi connectivity index (χ2n) is 5.63. The molecule has 0 unspecified atom stereocenters. The van der Waals surface area contributed by atoms with E-state index in [1.807, 2.05) is 24.4 Å². The molecule has 0 aliphatic heterocycles. The molecule has 112 valence electrons. The predicted octanol–water partition coefficient (Wildman–Crippen LogP) is 4.03. The van der Waals surface area contributed by atoms with E-state index in [9.17, 15) is 0 Å². The van der Waals surface area contributed by atoms with Gasteiger partial charge in [0.1, 0.15) is 16.5 Å². The lowest BCUT2D eigenvalue weighted by molar-refractivity contribution is 0.751. The first-order chi connectivity index (χ1) is 10.8. The average Bonchev–Trinajstić information content (AvgIpc) is 3.16. The lowest BCUT2D eigenvalue weighted by atomic mass is 10.2. The van der Waals surface area contributed by atoms with Crippen LogP contribution in [0.2, 0.25) is 5.15 Å². The Bertz CT molecular complexity index is 807. The second kappa shape index (κ2) is 5.57. The molecule has 1 aliphatic carbocycles. The van der Waals surface area contributed by atoms with Gasteiger partial charge < -0.3 is 10.3 Å². The Kier molecular flexibility index (Phi) is 3.42. The molecule has 0 spiro atoms. The van der Waals surface area contributed by atoms with Crippen LogP contribution < -0.4 is 5.32 Å². The van der Waals surface area contributed by atoms with E-state index in [-0.39, 0.29) is 0 Å². The van der Waals surface area contributed by atoms with Gasteiger partial charge in [-0.15, -0.1) is 0 Å². The van der Waals surface area contributed by atoms with Crippen LogP contribution in [0.15, 0.2) is 30.6 Å². The number of nitrogens with zero attached hydrogens (tertiary/aromatic N) is 3. The number of aromatic nitrogens is 4. The number of nitrogens with one attached hydrogen (secondary N) is 2. The molecule has 3 aromatic heterocycles. The molecule has 3 heterocycles. The molecule has 1 fully saturated rings. The number of rotatable bonds is 3. The van der Waals surface area contributed by atoms with E-state index < -0.39 is 0 Å². The number of hydrogen-bond acceptors (Lipinski definition) is 4. The number of H-pyrrole nitrogens is 1. The number of halogens is 1. The van der Waals surface area contributed by atoms with Gasteiger partial charge in [-0.3, -0.25) is 0 Å². The van der Waals surface area contributed by atoms with E-state index in [4.69, 9.17) is 16.6 Å². The molecule has 4 rings (SSSR count). The Morgan fingerprint density at radius 3 is 2.91 bits per heavy atom. The summed E-state index contributed by atoms with van der Waals surface area (Å²) in [7, 11) is 0. The lowest BCUT2D eigenvalue weighted by Crippen LogP contribution is -2.15. The Balaban J connectivity index is 1.70. The Morgan fingerprint density at radius 1 is 1.18 bits per heavy atom. The Hall–Kier alpha value is -2.14. The van der Waals surface area contributed by atoms with Crippen LogP contribution in [0.25, 0.3) is 22.4 Å². The molecule has 0 bridgehead atoms. The van der Waals surface area contributed by atoms with Gasteiger partial charge in [0, 0.05) is 17.8 Å². The van der Waals surface area contributed by atoms with E-state index in [1.165, 1.54) is 31.9 Å². The van der Waals surface area contributed by atoms with Crippen LogP contribution in [0, 0.1) is 0 Å². The van der Waals surface area contributed by atoms with Crippen molar-refractivity contribution in [3.05, 3.63) is 35.7 Å². The average molecular weight is 314 g/mol. The third kappa shape index (κ3) is 2.52. The van der Waals surface area contributed by atoms with Crippen LogP contribution in [0.4, 0.5) is 5.82 Å². The summed E-state index contributed by atoms with van der Waals surface area (Å²) in [6, 6.07) is 6.54. The van der Waals surface area contributed by atoms with Gasteiger partial charge in [-0.05, 0) is 25.0 Å². The van der Waals surface area contributed by atoms with Crippen molar-refractivity contribution in [3.8, 4) is 11.3 Å². The van der Waals surface area contributed by atoms with Crippen LogP contribution in [-0.4, -0.2) is 26.0 Å². The molecule has 3 aromatic rings. The normalized spacial score (nSPS) is 15.5. The topological polar surface area (TPSA) is 66.5 Å². The molecule has 1 aliphatic rings. The van der Waals surface area contributed by atoms with Gasteiger partial charge in [-0.25, -0.2) is 15.0 Å². The minimum absolute atomic E-state index is 0.383. The maximum atomic E-state index is 5.96. The van der Waals surface area contributed by atoms with Crippen LogP contribution in [-0.2, 0) is 0 Å². The van der Waals surface area contributed by atoms with Crippen molar-refractivity contribution in [1.82, 2.24) is 19.9 Å². The largest absolute Gasteiger partial charge is 0.367 e. The van der Waals surface area contributed by atoms with Crippen molar-refractivity contribution in [2.24, 2.45) is 0 Å². The molecular weight excluding hydrogens is 298 g/mol. The van der Waals surface area contributed by atoms with Crippen LogP contribution >= 0.6 is 11.6 Å². The summed E-state index contributed by atoms with van der Waals surface area (Å²) in [4.78, 5) is 16.4. The Morgan fingerprint density at radius 2 is 2.05 bits per heavy atom. The summed E-state index contributed by atoms with van der Waals surface area (Å²) in [5.74, 6) is 0.911. The number of aromatic amines is 1. The van der Waals surface area contributed by atoms with Crippen molar-refractivity contribution >= 4 is 28.6 Å². The van der Waals surface area contributed by atoms with E-state index in [1.54, 1.807) is 0 Å². The molecule has 0 saturated heterocycles. The third-order valence-corrected chi connectivity index (χ3v) is 4.27. The fourth-order valence-electron chi connectivity index (χ4n) is 3.01. The maximum absolute atomic E-state index is 5.96. The predicted molar refractivity (Wildman–Crippen MR) is 88.0 cm³/mol. The number of fused-ring (bicyclic) bond motifs is 1. The molecule has 0 amide bonds. The fourth-order valence-corrected chi connectivity index (χ4v) is 3.14. The first kappa shape index (κ1) is 13.5. The molecule has 0 radical (unpaired) electrons. The molecule has 0 atom stereocenters. The zero-order valence-electron chi connectivity index (χ0n) is 12.0. The first-order valence-electron chi connectivity index (χ1n) is 7.53. The van der Waals surface area contributed by atoms with Gasteiger partial charge in [-0.2, -0.15) is 0 Å². The van der Waals surface area contributed by atoms with Crippen molar-refractivity contribution in [2.45, 2.75) is 31.7 Å². The SMILES string of the molecule is Clc1cnc2[nH]cc(-c3cccc(NC4CCCC4)n3)c2n1. The molecule has 1 saturated carbocycles. The molecule has 5 nitrogen and oxygen atoms in total. The first-order valence-corrected chi connectivity index (χ1v) is 7.91. The monoisotopic (exact) mass is 313 g/mol. The molecular formula is C16H16ClN5. The maximum Gasteiger partial charge on any atom is 0.156 e. The zero-order chi connectivity index (χ0) is 14.9. The van der Waals surface area contributed by atoms with E-state index in [0.717, 1.165) is 28.2 Å². The van der Waals surface area contributed by atoms with E-state index in [2.05, 4.69) is 20.3 Å². The highest BCUT2D eigenvalue weighted by Crippen LogP contribution is 2.27. The third-order valence-electron chi connectivity index (χ3n) is 4.08. The summed E-state index contributed by atoms with van der Waals surface area (Å²) in [5.41, 5.74) is 3.25. The van der Waals surface area contributed by atoms with Crippen molar-refractivity contribution in [3.63, 3.8) is 0 Å². The molecule has 22 heavy (non-hydrogen) atoms. The highest BCUT2D eigenvalue weighted by Gasteiger charge is 2.16. The van der Waals surface area contributed by atoms with Gasteiger partial charge in [-0.1, -0.05) is 30.5 Å². The van der Waals surface area contributed by atoms with Gasteiger partial charge in [0.05, 0.1) is 11.9 Å². The smallest absolute Gasteiger partial charge is 0.156 e. The van der Waals surface area contributed by atoms with E-state index >= 15 is 0 Å². The second-order valence-corrected chi connectivity index (χ2v) is 6.01. The van der Waals surface area contributed by atoms with Gasteiger partial charge >= 0.3 is 0 Å². The molecule has 2 N–H and O–H groups in total. The van der Waals surface area contributed by atoms with Crippen molar-refractivity contribution < 1.29 is 0 Å². The quantitative estimate of drug-likeness (QED) is 0.766. The lowest BCUT2D eigenvalue weighted by Gasteiger charge is -2.13. The summed E-state index contributed by atoms with van der Waals surface area (Å²) in [6.45, 7) is 0. The van der Waals surface area contributed by atoms with Crippen LogP contribution in [0.1, 0.15) is 25.7 Å².